The predicted molar refractivity (Wildman–Crippen MR) is 54.2 cm³/mol. The van der Waals surface area contributed by atoms with Gasteiger partial charge in [-0.3, -0.25) is 4.79 Å². The largest absolute Gasteiger partial charge is 0.377 e. The fourth-order valence-electron chi connectivity index (χ4n) is 1.19. The molecule has 0 aromatic heterocycles. The van der Waals surface area contributed by atoms with Crippen LogP contribution in [0.4, 0.5) is 5.69 Å². The number of nitrogens with one attached hydrogen (secondary N) is 1. The zero-order valence-corrected chi connectivity index (χ0v) is 8.16. The normalized spacial score (nSPS) is 9.46. The summed E-state index contributed by atoms with van der Waals surface area (Å²) in [4.78, 5) is 13.3. The van der Waals surface area contributed by atoms with Crippen molar-refractivity contribution in [2.45, 2.75) is 0 Å². The van der Waals surface area contributed by atoms with E-state index >= 15 is 0 Å². The maximum absolute atomic E-state index is 11.4. The summed E-state index contributed by atoms with van der Waals surface area (Å²) in [5.74, 6) is -0.0516. The molecule has 0 bridgehead atoms. The number of nitrogens with zero attached hydrogens (tertiary/aromatic N) is 1. The molecular weight excluding hydrogens is 164 g/mol. The summed E-state index contributed by atoms with van der Waals surface area (Å²) in [6.45, 7) is 0. The Kier molecular flexibility index (Phi) is 2.90. The molecule has 0 saturated carbocycles. The van der Waals surface area contributed by atoms with Crippen LogP contribution in [-0.4, -0.2) is 27.1 Å². The number of carbonyl (C=O) groups is 1. The molecule has 0 radical (unpaired) electrons. The second-order valence-electron chi connectivity index (χ2n) is 2.99. The summed E-state index contributed by atoms with van der Waals surface area (Å²) < 4.78 is 0. The van der Waals surface area contributed by atoms with Crippen LogP contribution in [0.5, 0.6) is 0 Å². The summed E-state index contributed by atoms with van der Waals surface area (Å²) in [5, 5.41) is 2.61. The third-order valence-electron chi connectivity index (χ3n) is 1.86. The third-order valence-corrected chi connectivity index (χ3v) is 1.86. The second kappa shape index (κ2) is 3.94. The maximum atomic E-state index is 11.4. The van der Waals surface area contributed by atoms with Gasteiger partial charge in [-0.1, -0.05) is 12.1 Å². The zero-order valence-electron chi connectivity index (χ0n) is 8.16. The molecule has 0 fully saturated rings. The average molecular weight is 178 g/mol. The van der Waals surface area contributed by atoms with E-state index in [4.69, 9.17) is 0 Å². The van der Waals surface area contributed by atoms with Gasteiger partial charge in [0.1, 0.15) is 0 Å². The standard InChI is InChI=1S/C10H14N2O/c1-11-10(13)8-6-4-5-7-9(8)12(2)3/h4-7H,1-3H3,(H,11,13). The van der Waals surface area contributed by atoms with Crippen molar-refractivity contribution in [3.63, 3.8) is 0 Å². The fourth-order valence-corrected chi connectivity index (χ4v) is 1.19. The van der Waals surface area contributed by atoms with Crippen LogP contribution in [0.3, 0.4) is 0 Å². The highest BCUT2D eigenvalue weighted by molar-refractivity contribution is 5.99. The van der Waals surface area contributed by atoms with E-state index in [1.54, 1.807) is 7.05 Å². The molecule has 3 nitrogen and oxygen atoms in total. The Bertz CT molecular complexity index is 308. The van der Waals surface area contributed by atoms with Crippen molar-refractivity contribution in [1.82, 2.24) is 5.32 Å². The van der Waals surface area contributed by atoms with Crippen LogP contribution in [0.15, 0.2) is 24.3 Å². The van der Waals surface area contributed by atoms with Crippen molar-refractivity contribution in [1.29, 1.82) is 0 Å². The minimum Gasteiger partial charge on any atom is -0.377 e. The molecule has 0 atom stereocenters. The number of hydrogen-bond donors (Lipinski definition) is 1. The molecule has 13 heavy (non-hydrogen) atoms. The Morgan fingerprint density at radius 1 is 1.31 bits per heavy atom. The highest BCUT2D eigenvalue weighted by Crippen LogP contribution is 2.17. The molecule has 0 aliphatic heterocycles. The van der Waals surface area contributed by atoms with Crippen molar-refractivity contribution in [2.24, 2.45) is 0 Å². The molecule has 0 aliphatic rings. The van der Waals surface area contributed by atoms with E-state index in [-0.39, 0.29) is 5.91 Å². The van der Waals surface area contributed by atoms with Crippen molar-refractivity contribution < 1.29 is 4.79 Å². The van der Waals surface area contributed by atoms with Gasteiger partial charge in [0.2, 0.25) is 0 Å². The number of rotatable bonds is 2. The Morgan fingerprint density at radius 3 is 2.46 bits per heavy atom. The Hall–Kier alpha value is -1.51. The first-order valence-electron chi connectivity index (χ1n) is 4.15. The fraction of sp³-hybridized carbons (Fsp3) is 0.300. The molecule has 3 heteroatoms. The predicted octanol–water partition coefficient (Wildman–Crippen LogP) is 1.11. The monoisotopic (exact) mass is 178 g/mol. The Balaban J connectivity index is 3.12. The van der Waals surface area contributed by atoms with Crippen molar-refractivity contribution in [2.75, 3.05) is 26.0 Å². The quantitative estimate of drug-likeness (QED) is 0.735. The molecule has 0 aliphatic carbocycles. The first kappa shape index (κ1) is 9.58. The smallest absolute Gasteiger partial charge is 0.253 e. The number of para-hydroxylation sites is 1. The van der Waals surface area contributed by atoms with Gasteiger partial charge in [-0.05, 0) is 12.1 Å². The SMILES string of the molecule is CNC(=O)c1ccccc1N(C)C. The third kappa shape index (κ3) is 1.99. The Morgan fingerprint density at radius 2 is 1.92 bits per heavy atom. The molecule has 1 N–H and O–H groups in total. The van der Waals surface area contributed by atoms with Crippen LogP contribution in [0, 0.1) is 0 Å². The summed E-state index contributed by atoms with van der Waals surface area (Å²) in [7, 11) is 5.47. The number of anilines is 1. The van der Waals surface area contributed by atoms with Gasteiger partial charge in [0.25, 0.3) is 5.91 Å². The molecule has 70 valence electrons. The minimum atomic E-state index is -0.0516. The summed E-state index contributed by atoms with van der Waals surface area (Å²) in [5.41, 5.74) is 1.64. The zero-order chi connectivity index (χ0) is 9.84. The molecule has 0 unspecified atom stereocenters. The van der Waals surface area contributed by atoms with Crippen LogP contribution >= 0.6 is 0 Å². The average Bonchev–Trinajstić information content (AvgIpc) is 2.16. The van der Waals surface area contributed by atoms with Crippen LogP contribution < -0.4 is 10.2 Å². The molecule has 1 aromatic carbocycles. The van der Waals surface area contributed by atoms with E-state index in [0.29, 0.717) is 5.56 Å². The van der Waals surface area contributed by atoms with E-state index in [0.717, 1.165) is 5.69 Å². The van der Waals surface area contributed by atoms with Crippen molar-refractivity contribution in [3.05, 3.63) is 29.8 Å². The van der Waals surface area contributed by atoms with Gasteiger partial charge in [0, 0.05) is 26.8 Å². The molecule has 0 heterocycles. The lowest BCUT2D eigenvalue weighted by Gasteiger charge is -2.15. The number of hydrogen-bond acceptors (Lipinski definition) is 2. The minimum absolute atomic E-state index is 0.0516. The van der Waals surface area contributed by atoms with E-state index in [2.05, 4.69) is 5.32 Å². The van der Waals surface area contributed by atoms with Gasteiger partial charge < -0.3 is 10.2 Å². The molecular formula is C10H14N2O. The summed E-state index contributed by atoms with van der Waals surface area (Å²) >= 11 is 0. The molecule has 0 saturated heterocycles. The second-order valence-corrected chi connectivity index (χ2v) is 2.99. The van der Waals surface area contributed by atoms with Gasteiger partial charge in [-0.25, -0.2) is 0 Å². The van der Waals surface area contributed by atoms with E-state index < -0.39 is 0 Å². The number of benzene rings is 1. The molecule has 1 rings (SSSR count). The lowest BCUT2D eigenvalue weighted by atomic mass is 10.1. The highest BCUT2D eigenvalue weighted by atomic mass is 16.1. The maximum Gasteiger partial charge on any atom is 0.253 e. The van der Waals surface area contributed by atoms with Gasteiger partial charge in [-0.15, -0.1) is 0 Å². The van der Waals surface area contributed by atoms with Gasteiger partial charge in [-0.2, -0.15) is 0 Å². The molecule has 1 amide bonds. The summed E-state index contributed by atoms with van der Waals surface area (Å²) in [6, 6.07) is 7.51. The Labute approximate surface area is 78.4 Å². The van der Waals surface area contributed by atoms with Crippen LogP contribution in [-0.2, 0) is 0 Å². The van der Waals surface area contributed by atoms with Gasteiger partial charge >= 0.3 is 0 Å². The number of carbonyl (C=O) groups excluding carboxylic acids is 1. The van der Waals surface area contributed by atoms with Gasteiger partial charge in [0.15, 0.2) is 0 Å². The van der Waals surface area contributed by atoms with Crippen LogP contribution in [0.2, 0.25) is 0 Å². The van der Waals surface area contributed by atoms with Crippen LogP contribution in [0.25, 0.3) is 0 Å². The van der Waals surface area contributed by atoms with Crippen LogP contribution in [0.1, 0.15) is 10.4 Å². The van der Waals surface area contributed by atoms with Crippen molar-refractivity contribution >= 4 is 11.6 Å². The highest BCUT2D eigenvalue weighted by Gasteiger charge is 2.09. The van der Waals surface area contributed by atoms with Gasteiger partial charge in [0.05, 0.1) is 5.56 Å². The number of amides is 1. The van der Waals surface area contributed by atoms with Crippen molar-refractivity contribution in [3.8, 4) is 0 Å². The lowest BCUT2D eigenvalue weighted by molar-refractivity contribution is 0.0963. The van der Waals surface area contributed by atoms with E-state index in [1.807, 2.05) is 43.3 Å². The summed E-state index contributed by atoms with van der Waals surface area (Å²) in [6.07, 6.45) is 0. The first-order chi connectivity index (χ1) is 6.16. The molecule has 1 aromatic rings. The molecule has 0 spiro atoms. The van der Waals surface area contributed by atoms with E-state index in [1.165, 1.54) is 0 Å². The first-order valence-corrected chi connectivity index (χ1v) is 4.15. The lowest BCUT2D eigenvalue weighted by Crippen LogP contribution is -2.21. The van der Waals surface area contributed by atoms with E-state index in [9.17, 15) is 4.79 Å². The topological polar surface area (TPSA) is 32.3 Å².